The number of nitrogens with zero attached hydrogens (tertiary/aromatic N) is 3. The summed E-state index contributed by atoms with van der Waals surface area (Å²) in [6.07, 6.45) is 7.77. The summed E-state index contributed by atoms with van der Waals surface area (Å²) in [7, 11) is 5.04. The molecule has 2 saturated heterocycles. The van der Waals surface area contributed by atoms with Gasteiger partial charge in [0.15, 0.2) is 0 Å². The zero-order chi connectivity index (χ0) is 25.2. The summed E-state index contributed by atoms with van der Waals surface area (Å²) in [4.78, 5) is 31.9. The number of hydrogen-bond donors (Lipinski definition) is 0. The van der Waals surface area contributed by atoms with Crippen LogP contribution in [0.2, 0.25) is 0 Å². The van der Waals surface area contributed by atoms with Gasteiger partial charge in [0.25, 0.3) is 11.5 Å². The first-order chi connectivity index (χ1) is 17.5. The number of methoxy groups -OCH3 is 2. The van der Waals surface area contributed by atoms with Crippen LogP contribution < -0.4 is 15.0 Å². The fourth-order valence-electron chi connectivity index (χ4n) is 6.06. The minimum Gasteiger partial charge on any atom is -0.497 e. The molecule has 5 rings (SSSR count). The minimum atomic E-state index is -0.207. The highest BCUT2D eigenvalue weighted by Gasteiger charge is 2.34. The molecule has 0 aliphatic carbocycles. The van der Waals surface area contributed by atoms with Crippen molar-refractivity contribution in [1.29, 1.82) is 0 Å². The Morgan fingerprint density at radius 1 is 1.00 bits per heavy atom. The summed E-state index contributed by atoms with van der Waals surface area (Å²) in [6, 6.07) is 13.2. The van der Waals surface area contributed by atoms with E-state index in [0.29, 0.717) is 45.5 Å². The molecule has 3 aromatic rings. The van der Waals surface area contributed by atoms with Gasteiger partial charge in [-0.1, -0.05) is 24.6 Å². The molecule has 3 heterocycles. The van der Waals surface area contributed by atoms with Crippen LogP contribution in [0, 0.1) is 5.92 Å². The molecular weight excluding hydrogens is 454 g/mol. The summed E-state index contributed by atoms with van der Waals surface area (Å²) in [5.74, 6) is 1.53. The van der Waals surface area contributed by atoms with Gasteiger partial charge in [-0.25, -0.2) is 0 Å². The molecule has 2 aliphatic heterocycles. The van der Waals surface area contributed by atoms with E-state index in [-0.39, 0.29) is 11.5 Å². The minimum absolute atomic E-state index is 0.0743. The van der Waals surface area contributed by atoms with E-state index in [4.69, 9.17) is 9.47 Å². The lowest BCUT2D eigenvalue weighted by molar-refractivity contribution is 0.0403. The molecule has 0 spiro atoms. The number of carbonyl (C=O) groups excluding carboxylic acids is 1. The van der Waals surface area contributed by atoms with E-state index in [0.717, 1.165) is 13.0 Å². The van der Waals surface area contributed by atoms with Gasteiger partial charge < -0.3 is 19.3 Å². The Morgan fingerprint density at radius 2 is 1.78 bits per heavy atom. The molecule has 2 aliphatic rings. The number of pyridine rings is 1. The number of benzene rings is 2. The summed E-state index contributed by atoms with van der Waals surface area (Å²) >= 11 is 0. The van der Waals surface area contributed by atoms with Gasteiger partial charge >= 0.3 is 0 Å². The van der Waals surface area contributed by atoms with E-state index in [9.17, 15) is 9.59 Å². The molecule has 0 saturated carbocycles. The van der Waals surface area contributed by atoms with Crippen LogP contribution in [-0.2, 0) is 0 Å². The first-order valence-corrected chi connectivity index (χ1v) is 12.9. The molecular formula is C29H35N3O4. The Labute approximate surface area is 212 Å². The maximum absolute atomic E-state index is 13.9. The average Bonchev–Trinajstić information content (AvgIpc) is 2.93. The lowest BCUT2D eigenvalue weighted by Gasteiger charge is -2.45. The average molecular weight is 490 g/mol. The normalized spacial score (nSPS) is 20.1. The molecule has 1 amide bonds. The van der Waals surface area contributed by atoms with E-state index in [1.807, 2.05) is 30.1 Å². The van der Waals surface area contributed by atoms with Crippen LogP contribution in [0.3, 0.4) is 0 Å². The van der Waals surface area contributed by atoms with E-state index in [1.165, 1.54) is 43.3 Å². The first-order valence-electron chi connectivity index (χ1n) is 12.9. The van der Waals surface area contributed by atoms with Crippen molar-refractivity contribution in [3.8, 4) is 17.2 Å². The highest BCUT2D eigenvalue weighted by molar-refractivity contribution is 6.06. The number of rotatable bonds is 6. The number of amides is 1. The van der Waals surface area contributed by atoms with Crippen LogP contribution in [0.4, 0.5) is 0 Å². The molecule has 0 N–H and O–H groups in total. The van der Waals surface area contributed by atoms with Gasteiger partial charge in [0.2, 0.25) is 0 Å². The van der Waals surface area contributed by atoms with Gasteiger partial charge in [-0.05, 0) is 62.9 Å². The fourth-order valence-corrected chi connectivity index (χ4v) is 6.06. The van der Waals surface area contributed by atoms with Crippen LogP contribution in [-0.4, -0.2) is 67.2 Å². The Balaban J connectivity index is 1.54. The molecule has 2 fully saturated rings. The zero-order valence-corrected chi connectivity index (χ0v) is 21.4. The molecule has 36 heavy (non-hydrogen) atoms. The Kier molecular flexibility index (Phi) is 7.01. The van der Waals surface area contributed by atoms with Crippen LogP contribution in [0.25, 0.3) is 16.5 Å². The number of hydrogen-bond acceptors (Lipinski definition) is 5. The van der Waals surface area contributed by atoms with Crippen LogP contribution >= 0.6 is 0 Å². The second-order valence-electron chi connectivity index (χ2n) is 9.99. The summed E-state index contributed by atoms with van der Waals surface area (Å²) in [5, 5.41) is 1.16. The van der Waals surface area contributed by atoms with Gasteiger partial charge in [0.1, 0.15) is 11.5 Å². The third kappa shape index (κ3) is 4.48. The van der Waals surface area contributed by atoms with E-state index in [1.54, 1.807) is 44.7 Å². The largest absolute Gasteiger partial charge is 0.497 e. The zero-order valence-electron chi connectivity index (χ0n) is 21.4. The molecule has 2 aromatic carbocycles. The predicted octanol–water partition coefficient (Wildman–Crippen LogP) is 4.34. The molecule has 0 unspecified atom stereocenters. The fraction of sp³-hybridized carbons (Fsp3) is 0.448. The monoisotopic (exact) mass is 489 g/mol. The van der Waals surface area contributed by atoms with E-state index in [2.05, 4.69) is 4.90 Å². The van der Waals surface area contributed by atoms with Crippen molar-refractivity contribution in [2.24, 2.45) is 5.92 Å². The van der Waals surface area contributed by atoms with E-state index < -0.39 is 0 Å². The van der Waals surface area contributed by atoms with Crippen LogP contribution in [0.15, 0.2) is 53.5 Å². The van der Waals surface area contributed by atoms with Crippen molar-refractivity contribution in [2.45, 2.75) is 38.1 Å². The highest BCUT2D eigenvalue weighted by Crippen LogP contribution is 2.32. The number of fused-ring (bicyclic) bond motifs is 2. The van der Waals surface area contributed by atoms with Gasteiger partial charge in [-0.3, -0.25) is 14.2 Å². The second-order valence-corrected chi connectivity index (χ2v) is 9.99. The highest BCUT2D eigenvalue weighted by atomic mass is 16.5. The van der Waals surface area contributed by atoms with Gasteiger partial charge in [-0.15, -0.1) is 0 Å². The summed E-state index contributed by atoms with van der Waals surface area (Å²) in [6.45, 7) is 3.07. The smallest absolute Gasteiger partial charge is 0.263 e. The number of ether oxygens (including phenoxy) is 2. The number of carbonyl (C=O) groups is 1. The third-order valence-corrected chi connectivity index (χ3v) is 7.88. The Morgan fingerprint density at radius 3 is 2.56 bits per heavy atom. The van der Waals surface area contributed by atoms with E-state index >= 15 is 0 Å². The van der Waals surface area contributed by atoms with Crippen molar-refractivity contribution < 1.29 is 14.3 Å². The van der Waals surface area contributed by atoms with Crippen LogP contribution in [0.5, 0.6) is 11.5 Å². The third-order valence-electron chi connectivity index (χ3n) is 7.88. The van der Waals surface area contributed by atoms with Gasteiger partial charge in [-0.2, -0.15) is 0 Å². The quantitative estimate of drug-likeness (QED) is 0.515. The van der Waals surface area contributed by atoms with Crippen molar-refractivity contribution in [2.75, 3.05) is 40.9 Å². The van der Waals surface area contributed by atoms with Gasteiger partial charge in [0.05, 0.1) is 25.5 Å². The molecule has 0 radical (unpaired) electrons. The number of aromatic nitrogens is 1. The summed E-state index contributed by atoms with van der Waals surface area (Å²) in [5.41, 5.74) is 0.838. The maximum atomic E-state index is 13.9. The van der Waals surface area contributed by atoms with Gasteiger partial charge in [0, 0.05) is 42.7 Å². The Bertz CT molecular complexity index is 1320. The lowest BCUT2D eigenvalue weighted by Crippen LogP contribution is -2.51. The van der Waals surface area contributed by atoms with Crippen molar-refractivity contribution in [1.82, 2.24) is 14.4 Å². The van der Waals surface area contributed by atoms with Crippen molar-refractivity contribution in [3.05, 3.63) is 64.6 Å². The van der Waals surface area contributed by atoms with Crippen molar-refractivity contribution >= 4 is 16.7 Å². The SMILES string of the molecule is COc1ccc(OC)c(-n2cc(C(=O)N(C)C[C@@H]3CCCN4CCCC[C@H]34)c3ccccc3c2=O)c1. The topological polar surface area (TPSA) is 64.0 Å². The first kappa shape index (κ1) is 24.4. The second kappa shape index (κ2) is 10.3. The van der Waals surface area contributed by atoms with Crippen molar-refractivity contribution in [3.63, 3.8) is 0 Å². The number of piperidine rings is 2. The molecule has 7 nitrogen and oxygen atoms in total. The molecule has 2 atom stereocenters. The molecule has 7 heteroatoms. The maximum Gasteiger partial charge on any atom is 0.263 e. The Hall–Kier alpha value is -3.32. The molecule has 190 valence electrons. The predicted molar refractivity (Wildman–Crippen MR) is 142 cm³/mol. The standard InChI is InChI=1S/C29H35N3O4/c1-30(18-20-9-8-16-31-15-7-6-12-25(20)31)28(33)24-19-32(29(34)23-11-5-4-10-22(23)24)26-17-21(35-2)13-14-27(26)36-3/h4-5,10-11,13-14,17,19-20,25H,6-9,12,15-16,18H2,1-3H3/t20-,25+/m0/s1. The molecule has 1 aromatic heterocycles. The summed E-state index contributed by atoms with van der Waals surface area (Å²) < 4.78 is 12.5. The van der Waals surface area contributed by atoms with Crippen LogP contribution in [0.1, 0.15) is 42.5 Å². The lowest BCUT2D eigenvalue weighted by atomic mass is 9.83. The molecule has 0 bridgehead atoms.